The van der Waals surface area contributed by atoms with Crippen molar-refractivity contribution in [1.29, 1.82) is 0 Å². The third kappa shape index (κ3) is 4.97. The molecule has 0 aliphatic carbocycles. The average Bonchev–Trinajstić information content (AvgIpc) is 2.83. The van der Waals surface area contributed by atoms with Gasteiger partial charge in [-0.15, -0.1) is 0 Å². The predicted octanol–water partition coefficient (Wildman–Crippen LogP) is 3.47. The van der Waals surface area contributed by atoms with Gasteiger partial charge in [0.15, 0.2) is 0 Å². The van der Waals surface area contributed by atoms with E-state index in [-0.39, 0.29) is 13.1 Å². The summed E-state index contributed by atoms with van der Waals surface area (Å²) in [6.07, 6.45) is 0. The molecule has 0 unspecified atom stereocenters. The monoisotopic (exact) mass is 478 g/mol. The van der Waals surface area contributed by atoms with Gasteiger partial charge < -0.3 is 5.32 Å². The van der Waals surface area contributed by atoms with Crippen LogP contribution in [0.5, 0.6) is 0 Å². The molecule has 4 rings (SSSR count). The van der Waals surface area contributed by atoms with Gasteiger partial charge in [-0.25, -0.2) is 9.18 Å². The van der Waals surface area contributed by atoms with Crippen LogP contribution in [0.15, 0.2) is 82.4 Å². The first-order valence-electron chi connectivity index (χ1n) is 10.4. The Morgan fingerprint density at radius 2 is 1.68 bits per heavy atom. The van der Waals surface area contributed by atoms with Gasteiger partial charge in [0.2, 0.25) is 5.69 Å². The molecule has 3 aromatic carbocycles. The summed E-state index contributed by atoms with van der Waals surface area (Å²) < 4.78 is 15.1. The molecule has 0 fully saturated rings. The molecular formula is C25H20ClFN4O3. The minimum atomic E-state index is -0.810. The van der Waals surface area contributed by atoms with E-state index in [0.717, 1.165) is 20.4 Å². The van der Waals surface area contributed by atoms with Gasteiger partial charge in [-0.2, -0.15) is 9.78 Å². The fourth-order valence-corrected chi connectivity index (χ4v) is 3.50. The van der Waals surface area contributed by atoms with Crippen LogP contribution in [0.2, 0.25) is 5.02 Å². The number of rotatable bonds is 6. The van der Waals surface area contributed by atoms with Crippen molar-refractivity contribution in [3.05, 3.63) is 127 Å². The molecule has 4 aromatic rings. The highest BCUT2D eigenvalue weighted by atomic mass is 35.5. The number of amides is 1. The summed E-state index contributed by atoms with van der Waals surface area (Å²) in [6, 6.07) is 19.2. The molecule has 0 saturated heterocycles. The summed E-state index contributed by atoms with van der Waals surface area (Å²) >= 11 is 5.96. The van der Waals surface area contributed by atoms with E-state index in [1.54, 1.807) is 24.3 Å². The molecule has 1 aromatic heterocycles. The Morgan fingerprint density at radius 1 is 1.00 bits per heavy atom. The molecule has 0 radical (unpaired) electrons. The van der Waals surface area contributed by atoms with E-state index in [4.69, 9.17) is 11.6 Å². The Morgan fingerprint density at radius 3 is 2.35 bits per heavy atom. The highest BCUT2D eigenvalue weighted by molar-refractivity contribution is 6.30. The van der Waals surface area contributed by atoms with Gasteiger partial charge in [-0.3, -0.25) is 14.2 Å². The molecule has 1 heterocycles. The SMILES string of the molecule is Cc1ccccc1Cn1c(=O)c(C(=O)NCc2ccc(F)cc2)nn(-c2ccc(Cl)cc2)c1=O. The zero-order valence-electron chi connectivity index (χ0n) is 18.2. The fourth-order valence-electron chi connectivity index (χ4n) is 3.37. The van der Waals surface area contributed by atoms with Crippen molar-refractivity contribution >= 4 is 17.5 Å². The van der Waals surface area contributed by atoms with E-state index < -0.39 is 28.7 Å². The number of carbonyl (C=O) groups is 1. The molecule has 0 atom stereocenters. The second kappa shape index (κ2) is 9.84. The van der Waals surface area contributed by atoms with Crippen molar-refractivity contribution in [3.8, 4) is 5.69 Å². The molecule has 34 heavy (non-hydrogen) atoms. The lowest BCUT2D eigenvalue weighted by molar-refractivity contribution is 0.0941. The maximum Gasteiger partial charge on any atom is 0.352 e. The summed E-state index contributed by atoms with van der Waals surface area (Å²) in [7, 11) is 0. The number of halogens is 2. The third-order valence-corrected chi connectivity index (χ3v) is 5.55. The van der Waals surface area contributed by atoms with Gasteiger partial charge in [-0.05, 0) is 60.0 Å². The standard InChI is InChI=1S/C25H20ClFN4O3/c1-16-4-2-3-5-18(16)15-30-24(33)22(23(32)28-14-17-6-10-20(27)11-7-17)29-31(25(30)34)21-12-8-19(26)9-13-21/h2-13H,14-15H2,1H3,(H,28,32). The van der Waals surface area contributed by atoms with E-state index >= 15 is 0 Å². The minimum Gasteiger partial charge on any atom is -0.346 e. The van der Waals surface area contributed by atoms with E-state index in [1.807, 2.05) is 31.2 Å². The highest BCUT2D eigenvalue weighted by Crippen LogP contribution is 2.12. The van der Waals surface area contributed by atoms with Crippen LogP contribution in [0.1, 0.15) is 27.2 Å². The number of benzene rings is 3. The second-order valence-electron chi connectivity index (χ2n) is 7.65. The fraction of sp³-hybridized carbons (Fsp3) is 0.120. The first-order chi connectivity index (χ1) is 16.3. The topological polar surface area (TPSA) is 86.0 Å². The number of aryl methyl sites for hydroxylation is 1. The number of nitrogens with one attached hydrogen (secondary N) is 1. The molecule has 172 valence electrons. The summed E-state index contributed by atoms with van der Waals surface area (Å²) in [5, 5.41) is 7.15. The van der Waals surface area contributed by atoms with Crippen molar-refractivity contribution in [1.82, 2.24) is 19.7 Å². The Labute approximate surface area is 199 Å². The van der Waals surface area contributed by atoms with Crippen LogP contribution in [0, 0.1) is 12.7 Å². The first-order valence-corrected chi connectivity index (χ1v) is 10.8. The van der Waals surface area contributed by atoms with Crippen LogP contribution in [-0.2, 0) is 13.1 Å². The molecule has 9 heteroatoms. The zero-order valence-corrected chi connectivity index (χ0v) is 18.9. The maximum atomic E-state index is 13.2. The predicted molar refractivity (Wildman–Crippen MR) is 127 cm³/mol. The molecule has 0 bridgehead atoms. The smallest absolute Gasteiger partial charge is 0.346 e. The van der Waals surface area contributed by atoms with Crippen molar-refractivity contribution in [2.45, 2.75) is 20.0 Å². The van der Waals surface area contributed by atoms with Crippen LogP contribution in [0.25, 0.3) is 5.69 Å². The lowest BCUT2D eigenvalue weighted by atomic mass is 10.1. The van der Waals surface area contributed by atoms with Gasteiger partial charge in [0.05, 0.1) is 12.2 Å². The molecule has 0 aliphatic rings. The maximum absolute atomic E-state index is 13.2. The normalized spacial score (nSPS) is 10.8. The molecule has 7 nitrogen and oxygen atoms in total. The number of hydrogen-bond acceptors (Lipinski definition) is 4. The Balaban J connectivity index is 1.77. The van der Waals surface area contributed by atoms with E-state index in [1.165, 1.54) is 24.3 Å². The third-order valence-electron chi connectivity index (χ3n) is 5.30. The van der Waals surface area contributed by atoms with Crippen molar-refractivity contribution in [2.24, 2.45) is 0 Å². The number of nitrogens with zero attached hydrogens (tertiary/aromatic N) is 3. The van der Waals surface area contributed by atoms with Crippen molar-refractivity contribution < 1.29 is 9.18 Å². The van der Waals surface area contributed by atoms with E-state index in [9.17, 15) is 18.8 Å². The number of carbonyl (C=O) groups excluding carboxylic acids is 1. The Hall–Kier alpha value is -4.04. The number of hydrogen-bond donors (Lipinski definition) is 1. The van der Waals surface area contributed by atoms with Crippen LogP contribution in [-0.4, -0.2) is 20.3 Å². The molecular weight excluding hydrogens is 459 g/mol. The Bertz CT molecular complexity index is 1460. The lowest BCUT2D eigenvalue weighted by Crippen LogP contribution is -2.46. The molecule has 0 saturated carbocycles. The van der Waals surface area contributed by atoms with E-state index in [2.05, 4.69) is 10.4 Å². The summed E-state index contributed by atoms with van der Waals surface area (Å²) in [5.74, 6) is -1.15. The highest BCUT2D eigenvalue weighted by Gasteiger charge is 2.21. The summed E-state index contributed by atoms with van der Waals surface area (Å²) in [5.41, 5.74) is 0.701. The number of aromatic nitrogens is 3. The second-order valence-corrected chi connectivity index (χ2v) is 8.08. The summed E-state index contributed by atoms with van der Waals surface area (Å²) in [6.45, 7) is 1.90. The molecule has 0 spiro atoms. The zero-order chi connectivity index (χ0) is 24.2. The van der Waals surface area contributed by atoms with Crippen LogP contribution >= 0.6 is 11.6 Å². The quantitative estimate of drug-likeness (QED) is 0.460. The van der Waals surface area contributed by atoms with Gasteiger partial charge in [0, 0.05) is 11.6 Å². The van der Waals surface area contributed by atoms with Gasteiger partial charge in [0.25, 0.3) is 11.5 Å². The van der Waals surface area contributed by atoms with Crippen molar-refractivity contribution in [3.63, 3.8) is 0 Å². The van der Waals surface area contributed by atoms with Crippen LogP contribution in [0.3, 0.4) is 0 Å². The van der Waals surface area contributed by atoms with Gasteiger partial charge >= 0.3 is 5.69 Å². The van der Waals surface area contributed by atoms with Crippen molar-refractivity contribution in [2.75, 3.05) is 0 Å². The van der Waals surface area contributed by atoms with Gasteiger partial charge in [0.1, 0.15) is 5.82 Å². The van der Waals surface area contributed by atoms with Crippen LogP contribution in [0.4, 0.5) is 4.39 Å². The molecule has 1 N–H and O–H groups in total. The first kappa shape index (κ1) is 23.1. The van der Waals surface area contributed by atoms with Gasteiger partial charge in [-0.1, -0.05) is 48.0 Å². The minimum absolute atomic E-state index is 0.0291. The Kier molecular flexibility index (Phi) is 6.70. The van der Waals surface area contributed by atoms with E-state index in [0.29, 0.717) is 16.3 Å². The largest absolute Gasteiger partial charge is 0.352 e. The lowest BCUT2D eigenvalue weighted by Gasteiger charge is -2.13. The molecule has 0 aliphatic heterocycles. The van der Waals surface area contributed by atoms with Crippen LogP contribution < -0.4 is 16.6 Å². The summed E-state index contributed by atoms with van der Waals surface area (Å²) in [4.78, 5) is 39.4. The molecule has 1 amide bonds. The average molecular weight is 479 g/mol.